The van der Waals surface area contributed by atoms with Gasteiger partial charge in [-0.15, -0.1) is 0 Å². The lowest BCUT2D eigenvalue weighted by molar-refractivity contribution is -0.150. The summed E-state index contributed by atoms with van der Waals surface area (Å²) in [5, 5.41) is 9.17. The smallest absolute Gasteiger partial charge is 0.327 e. The predicted octanol–water partition coefficient (Wildman–Crippen LogP) is 1.71. The molecule has 1 N–H and O–H groups in total. The summed E-state index contributed by atoms with van der Waals surface area (Å²) in [6, 6.07) is 5.00. The van der Waals surface area contributed by atoms with Gasteiger partial charge >= 0.3 is 5.97 Å². The van der Waals surface area contributed by atoms with Gasteiger partial charge in [-0.1, -0.05) is 6.07 Å². The van der Waals surface area contributed by atoms with E-state index >= 15 is 0 Å². The van der Waals surface area contributed by atoms with Crippen molar-refractivity contribution in [3.8, 4) is 5.75 Å². The maximum Gasteiger partial charge on any atom is 0.327 e. The van der Waals surface area contributed by atoms with E-state index in [1.54, 1.807) is 11.8 Å². The van der Waals surface area contributed by atoms with Crippen LogP contribution in [0, 0.1) is 13.8 Å². The molecule has 1 fully saturated rings. The lowest BCUT2D eigenvalue weighted by Gasteiger charge is -2.32. The molecular formula is C15H19NO4S. The van der Waals surface area contributed by atoms with Crippen LogP contribution in [0.5, 0.6) is 5.75 Å². The summed E-state index contributed by atoms with van der Waals surface area (Å²) >= 11 is 1.56. The standard InChI is InChI=1S/C15H19NO4S/c1-10-5-11(2)7-12(6-10)20-8-14(17)16-3-4-21-9-13(16)15(18)19/h5-7,13H,3-4,8-9H2,1-2H3,(H,18,19). The van der Waals surface area contributed by atoms with Crippen molar-refractivity contribution in [3.63, 3.8) is 0 Å². The average molecular weight is 309 g/mol. The fraction of sp³-hybridized carbons (Fsp3) is 0.467. The molecule has 0 aromatic heterocycles. The van der Waals surface area contributed by atoms with E-state index in [-0.39, 0.29) is 12.5 Å². The Morgan fingerprint density at radius 2 is 2.00 bits per heavy atom. The normalized spacial score (nSPS) is 18.4. The Labute approximate surface area is 128 Å². The number of carboxylic acid groups (broad SMARTS) is 1. The molecule has 0 spiro atoms. The lowest BCUT2D eigenvalue weighted by atomic mass is 10.1. The Kier molecular flexibility index (Phi) is 5.12. The molecule has 1 saturated heterocycles. The van der Waals surface area contributed by atoms with Gasteiger partial charge in [0.15, 0.2) is 6.61 Å². The first-order chi connectivity index (χ1) is 9.97. The van der Waals surface area contributed by atoms with Crippen LogP contribution in [0.3, 0.4) is 0 Å². The van der Waals surface area contributed by atoms with Crippen LogP contribution in [0.4, 0.5) is 0 Å². The van der Waals surface area contributed by atoms with Gasteiger partial charge in [0.05, 0.1) is 0 Å². The topological polar surface area (TPSA) is 66.8 Å². The highest BCUT2D eigenvalue weighted by Gasteiger charge is 2.32. The van der Waals surface area contributed by atoms with E-state index in [4.69, 9.17) is 9.84 Å². The molecule has 1 aromatic rings. The van der Waals surface area contributed by atoms with Crippen LogP contribution < -0.4 is 4.74 Å². The van der Waals surface area contributed by atoms with Gasteiger partial charge in [0.25, 0.3) is 5.91 Å². The molecule has 114 valence electrons. The number of aliphatic carboxylic acids is 1. The third kappa shape index (κ3) is 4.14. The minimum absolute atomic E-state index is 0.128. The Bertz CT molecular complexity index is 526. The Hall–Kier alpha value is -1.69. The minimum Gasteiger partial charge on any atom is -0.484 e. The van der Waals surface area contributed by atoms with Crippen molar-refractivity contribution >= 4 is 23.6 Å². The molecule has 1 aliphatic heterocycles. The number of amides is 1. The second kappa shape index (κ2) is 6.85. The zero-order chi connectivity index (χ0) is 15.4. The number of hydrogen-bond acceptors (Lipinski definition) is 4. The fourth-order valence-corrected chi connectivity index (χ4v) is 3.39. The number of thioether (sulfide) groups is 1. The van der Waals surface area contributed by atoms with Gasteiger partial charge in [0.1, 0.15) is 11.8 Å². The molecule has 1 amide bonds. The highest BCUT2D eigenvalue weighted by molar-refractivity contribution is 7.99. The van der Waals surface area contributed by atoms with E-state index in [9.17, 15) is 9.59 Å². The number of nitrogens with zero attached hydrogens (tertiary/aromatic N) is 1. The number of hydrogen-bond donors (Lipinski definition) is 1. The molecule has 1 heterocycles. The number of carboxylic acids is 1. The van der Waals surface area contributed by atoms with E-state index in [0.717, 1.165) is 16.9 Å². The highest BCUT2D eigenvalue weighted by atomic mass is 32.2. The van der Waals surface area contributed by atoms with Gasteiger partial charge in [0, 0.05) is 18.1 Å². The van der Waals surface area contributed by atoms with Crippen LogP contribution in [0.2, 0.25) is 0 Å². The third-order valence-electron chi connectivity index (χ3n) is 3.29. The monoisotopic (exact) mass is 309 g/mol. The number of aryl methyl sites for hydroxylation is 2. The van der Waals surface area contributed by atoms with Crippen molar-refractivity contribution < 1.29 is 19.4 Å². The van der Waals surface area contributed by atoms with Gasteiger partial charge < -0.3 is 14.7 Å². The van der Waals surface area contributed by atoms with Crippen molar-refractivity contribution in [2.45, 2.75) is 19.9 Å². The van der Waals surface area contributed by atoms with E-state index in [0.29, 0.717) is 18.0 Å². The molecule has 5 nitrogen and oxygen atoms in total. The molecule has 0 bridgehead atoms. The van der Waals surface area contributed by atoms with Crippen LogP contribution in [0.1, 0.15) is 11.1 Å². The summed E-state index contributed by atoms with van der Waals surface area (Å²) < 4.78 is 5.52. The molecule has 0 saturated carbocycles. The second-order valence-corrected chi connectivity index (χ2v) is 6.28. The summed E-state index contributed by atoms with van der Waals surface area (Å²) in [7, 11) is 0. The van der Waals surface area contributed by atoms with Crippen LogP contribution in [-0.4, -0.2) is 52.6 Å². The summed E-state index contributed by atoms with van der Waals surface area (Å²) in [6.07, 6.45) is 0. The van der Waals surface area contributed by atoms with Crippen molar-refractivity contribution in [1.29, 1.82) is 0 Å². The maximum absolute atomic E-state index is 12.2. The maximum atomic E-state index is 12.2. The van der Waals surface area contributed by atoms with Gasteiger partial charge in [-0.3, -0.25) is 4.79 Å². The molecule has 1 atom stereocenters. The lowest BCUT2D eigenvalue weighted by Crippen LogP contribution is -2.51. The van der Waals surface area contributed by atoms with E-state index in [1.165, 1.54) is 4.90 Å². The SMILES string of the molecule is Cc1cc(C)cc(OCC(=O)N2CCSCC2C(=O)O)c1. The minimum atomic E-state index is -0.957. The van der Waals surface area contributed by atoms with Crippen LogP contribution in [0.15, 0.2) is 18.2 Å². The summed E-state index contributed by atoms with van der Waals surface area (Å²) in [5.41, 5.74) is 2.13. The van der Waals surface area contributed by atoms with E-state index < -0.39 is 12.0 Å². The van der Waals surface area contributed by atoms with Crippen molar-refractivity contribution in [2.24, 2.45) is 0 Å². The molecule has 6 heteroatoms. The van der Waals surface area contributed by atoms with Crippen LogP contribution >= 0.6 is 11.8 Å². The van der Waals surface area contributed by atoms with Gasteiger partial charge in [0.2, 0.25) is 0 Å². The number of benzene rings is 1. The number of ether oxygens (including phenoxy) is 1. The third-order valence-corrected chi connectivity index (χ3v) is 4.31. The van der Waals surface area contributed by atoms with Gasteiger partial charge in [-0.25, -0.2) is 4.79 Å². The first-order valence-corrected chi connectivity index (χ1v) is 7.94. The number of rotatable bonds is 4. The van der Waals surface area contributed by atoms with Crippen LogP contribution in [0.25, 0.3) is 0 Å². The Balaban J connectivity index is 1.98. The van der Waals surface area contributed by atoms with Gasteiger partial charge in [-0.2, -0.15) is 11.8 Å². The van der Waals surface area contributed by atoms with Gasteiger partial charge in [-0.05, 0) is 37.1 Å². The Morgan fingerprint density at radius 3 is 2.62 bits per heavy atom. The molecule has 1 unspecified atom stereocenters. The molecule has 1 aliphatic rings. The molecular weight excluding hydrogens is 290 g/mol. The number of carbonyl (C=O) groups excluding carboxylic acids is 1. The predicted molar refractivity (Wildman–Crippen MR) is 81.9 cm³/mol. The van der Waals surface area contributed by atoms with Crippen molar-refractivity contribution in [3.05, 3.63) is 29.3 Å². The molecule has 0 radical (unpaired) electrons. The van der Waals surface area contributed by atoms with Crippen LogP contribution in [-0.2, 0) is 9.59 Å². The Morgan fingerprint density at radius 1 is 1.33 bits per heavy atom. The van der Waals surface area contributed by atoms with Crippen molar-refractivity contribution in [1.82, 2.24) is 4.90 Å². The molecule has 21 heavy (non-hydrogen) atoms. The van der Waals surface area contributed by atoms with E-state index in [2.05, 4.69) is 0 Å². The summed E-state index contributed by atoms with van der Waals surface area (Å²) in [6.45, 7) is 4.25. The fourth-order valence-electron chi connectivity index (χ4n) is 2.35. The summed E-state index contributed by atoms with van der Waals surface area (Å²) in [4.78, 5) is 24.8. The largest absolute Gasteiger partial charge is 0.484 e. The molecule has 2 rings (SSSR count). The number of carbonyl (C=O) groups is 2. The summed E-state index contributed by atoms with van der Waals surface area (Å²) in [5.74, 6) is 0.604. The molecule has 0 aliphatic carbocycles. The first kappa shape index (κ1) is 15.7. The first-order valence-electron chi connectivity index (χ1n) is 6.78. The highest BCUT2D eigenvalue weighted by Crippen LogP contribution is 2.19. The zero-order valence-electron chi connectivity index (χ0n) is 12.2. The molecule has 1 aromatic carbocycles. The quantitative estimate of drug-likeness (QED) is 0.917. The zero-order valence-corrected chi connectivity index (χ0v) is 13.0. The van der Waals surface area contributed by atoms with Crippen molar-refractivity contribution in [2.75, 3.05) is 24.7 Å². The second-order valence-electron chi connectivity index (χ2n) is 5.13. The van der Waals surface area contributed by atoms with E-state index in [1.807, 2.05) is 32.0 Å². The average Bonchev–Trinajstić information content (AvgIpc) is 2.43.